The molecule has 1 aromatic heterocycles. The molecule has 1 N–H and O–H groups in total. The van der Waals surface area contributed by atoms with Gasteiger partial charge >= 0.3 is 6.18 Å². The summed E-state index contributed by atoms with van der Waals surface area (Å²) in [4.78, 5) is 3.44. The summed E-state index contributed by atoms with van der Waals surface area (Å²) in [6, 6.07) is 28.2. The molecule has 188 valence electrons. The van der Waals surface area contributed by atoms with Crippen LogP contribution >= 0.6 is 0 Å². The molecule has 0 aliphatic heterocycles. The number of rotatable bonds is 3. The third kappa shape index (κ3) is 3.77. The van der Waals surface area contributed by atoms with E-state index in [4.69, 9.17) is 0 Å². The first-order valence-corrected chi connectivity index (χ1v) is 12.3. The van der Waals surface area contributed by atoms with Gasteiger partial charge in [-0.05, 0) is 71.0 Å². The highest BCUT2D eigenvalue weighted by Gasteiger charge is 2.36. The minimum Gasteiger partial charge on any atom is -0.354 e. The lowest BCUT2D eigenvalue weighted by Crippen LogP contribution is -2.09. The highest BCUT2D eigenvalue weighted by molar-refractivity contribution is 6.22. The predicted octanol–water partition coefficient (Wildman–Crippen LogP) is 10.1. The van der Waals surface area contributed by atoms with Crippen molar-refractivity contribution in [2.45, 2.75) is 20.0 Å². The maximum Gasteiger partial charge on any atom is 0.417 e. The SMILES string of the molecule is Cc1ccccc1-c1c(C)c(-c2ccccc2)c2c([nH]c3ccccc32)c1-c1ccc(F)cc1C(F)(F)F. The van der Waals surface area contributed by atoms with Gasteiger partial charge in [0.05, 0.1) is 11.1 Å². The van der Waals surface area contributed by atoms with Gasteiger partial charge in [0, 0.05) is 21.9 Å². The van der Waals surface area contributed by atoms with Crippen LogP contribution in [0.2, 0.25) is 0 Å². The van der Waals surface area contributed by atoms with Gasteiger partial charge in [-0.15, -0.1) is 0 Å². The molecule has 0 atom stereocenters. The molecule has 0 fully saturated rings. The van der Waals surface area contributed by atoms with E-state index < -0.39 is 17.6 Å². The van der Waals surface area contributed by atoms with Crippen LogP contribution in [0.3, 0.4) is 0 Å². The molecule has 5 aromatic carbocycles. The molecule has 0 saturated heterocycles. The van der Waals surface area contributed by atoms with Gasteiger partial charge in [0.15, 0.2) is 0 Å². The van der Waals surface area contributed by atoms with E-state index in [1.807, 2.05) is 92.7 Å². The molecule has 0 radical (unpaired) electrons. The van der Waals surface area contributed by atoms with Crippen LogP contribution in [0.4, 0.5) is 17.6 Å². The summed E-state index contributed by atoms with van der Waals surface area (Å²) in [5.41, 5.74) is 5.99. The maximum atomic E-state index is 14.4. The molecule has 0 spiro atoms. The molecular weight excluding hydrogens is 486 g/mol. The van der Waals surface area contributed by atoms with Crippen LogP contribution in [0.15, 0.2) is 97.1 Å². The number of alkyl halides is 3. The summed E-state index contributed by atoms with van der Waals surface area (Å²) in [5, 5.41) is 1.76. The second-order valence-corrected chi connectivity index (χ2v) is 9.54. The Morgan fingerprint density at radius 3 is 2.08 bits per heavy atom. The van der Waals surface area contributed by atoms with E-state index in [-0.39, 0.29) is 5.56 Å². The van der Waals surface area contributed by atoms with Crippen LogP contribution in [-0.2, 0) is 6.18 Å². The quantitative estimate of drug-likeness (QED) is 0.229. The lowest BCUT2D eigenvalue weighted by Gasteiger charge is -2.23. The normalized spacial score (nSPS) is 11.9. The number of hydrogen-bond acceptors (Lipinski definition) is 0. The minimum atomic E-state index is -4.75. The lowest BCUT2D eigenvalue weighted by atomic mass is 9.81. The first kappa shape index (κ1) is 24.0. The smallest absolute Gasteiger partial charge is 0.354 e. The van der Waals surface area contributed by atoms with E-state index in [1.54, 1.807) is 0 Å². The topological polar surface area (TPSA) is 15.8 Å². The van der Waals surface area contributed by atoms with Crippen molar-refractivity contribution in [3.8, 4) is 33.4 Å². The number of nitrogens with one attached hydrogen (secondary N) is 1. The van der Waals surface area contributed by atoms with Crippen molar-refractivity contribution in [1.29, 1.82) is 0 Å². The van der Waals surface area contributed by atoms with Crippen molar-refractivity contribution in [2.24, 2.45) is 0 Å². The molecule has 0 amide bonds. The van der Waals surface area contributed by atoms with E-state index in [2.05, 4.69) is 4.98 Å². The van der Waals surface area contributed by atoms with Crippen molar-refractivity contribution in [3.05, 3.63) is 120 Å². The minimum absolute atomic E-state index is 0.0589. The molecule has 1 heterocycles. The van der Waals surface area contributed by atoms with Crippen molar-refractivity contribution >= 4 is 21.8 Å². The standard InChI is InChI=1S/C33H23F4N/c1-19-10-6-7-13-23(19)29-20(2)28(21-11-4-3-5-12-21)31-25-14-8-9-15-27(25)38-32(31)30(29)24-17-16-22(34)18-26(24)33(35,36)37/h3-18,38H,1-2H3. The van der Waals surface area contributed by atoms with Crippen LogP contribution in [-0.4, -0.2) is 4.98 Å². The Bertz CT molecular complexity index is 1830. The van der Waals surface area contributed by atoms with Crippen LogP contribution < -0.4 is 0 Å². The number of H-pyrrole nitrogens is 1. The highest BCUT2D eigenvalue weighted by Crippen LogP contribution is 2.51. The Balaban J connectivity index is 1.91. The van der Waals surface area contributed by atoms with Gasteiger partial charge in [0.25, 0.3) is 0 Å². The molecule has 0 saturated carbocycles. The fraction of sp³-hybridized carbons (Fsp3) is 0.0909. The number of fused-ring (bicyclic) bond motifs is 3. The lowest BCUT2D eigenvalue weighted by molar-refractivity contribution is -0.137. The van der Waals surface area contributed by atoms with Crippen LogP contribution in [0.1, 0.15) is 16.7 Å². The van der Waals surface area contributed by atoms with Gasteiger partial charge in [0.2, 0.25) is 0 Å². The van der Waals surface area contributed by atoms with Crippen LogP contribution in [0, 0.1) is 19.7 Å². The number of benzene rings is 5. The van der Waals surface area contributed by atoms with E-state index in [1.165, 1.54) is 6.07 Å². The average Bonchev–Trinajstić information content (AvgIpc) is 3.28. The fourth-order valence-corrected chi connectivity index (χ4v) is 5.61. The fourth-order valence-electron chi connectivity index (χ4n) is 5.61. The molecule has 0 aliphatic carbocycles. The molecule has 38 heavy (non-hydrogen) atoms. The van der Waals surface area contributed by atoms with Crippen molar-refractivity contribution in [1.82, 2.24) is 4.98 Å². The van der Waals surface area contributed by atoms with E-state index in [0.717, 1.165) is 50.2 Å². The summed E-state index contributed by atoms with van der Waals surface area (Å²) in [6.07, 6.45) is -4.75. The Labute approximate surface area is 217 Å². The van der Waals surface area contributed by atoms with Crippen molar-refractivity contribution in [3.63, 3.8) is 0 Å². The summed E-state index contributed by atoms with van der Waals surface area (Å²) in [7, 11) is 0. The van der Waals surface area contributed by atoms with E-state index in [9.17, 15) is 17.6 Å². The van der Waals surface area contributed by atoms with Crippen molar-refractivity contribution in [2.75, 3.05) is 0 Å². The Morgan fingerprint density at radius 1 is 0.658 bits per heavy atom. The summed E-state index contributed by atoms with van der Waals surface area (Å²) in [6.45, 7) is 3.91. The highest BCUT2D eigenvalue weighted by atomic mass is 19.4. The summed E-state index contributed by atoms with van der Waals surface area (Å²) >= 11 is 0. The number of aromatic nitrogens is 1. The van der Waals surface area contributed by atoms with Gasteiger partial charge in [-0.2, -0.15) is 13.2 Å². The van der Waals surface area contributed by atoms with Crippen molar-refractivity contribution < 1.29 is 17.6 Å². The van der Waals surface area contributed by atoms with Gasteiger partial charge < -0.3 is 4.98 Å². The number of para-hydroxylation sites is 1. The molecule has 0 aliphatic rings. The molecule has 6 aromatic rings. The molecule has 6 rings (SSSR count). The molecule has 0 bridgehead atoms. The number of aromatic amines is 1. The average molecular weight is 510 g/mol. The molecular formula is C33H23F4N. The second kappa shape index (κ2) is 8.88. The zero-order chi connectivity index (χ0) is 26.6. The molecule has 0 unspecified atom stereocenters. The zero-order valence-corrected chi connectivity index (χ0v) is 20.7. The summed E-state index contributed by atoms with van der Waals surface area (Å²) < 4.78 is 57.4. The molecule has 1 nitrogen and oxygen atoms in total. The number of halogens is 4. The second-order valence-electron chi connectivity index (χ2n) is 9.54. The third-order valence-electron chi connectivity index (χ3n) is 7.24. The number of hydrogen-bond donors (Lipinski definition) is 1. The number of aryl methyl sites for hydroxylation is 1. The van der Waals surface area contributed by atoms with E-state index >= 15 is 0 Å². The maximum absolute atomic E-state index is 14.4. The van der Waals surface area contributed by atoms with Gasteiger partial charge in [-0.25, -0.2) is 4.39 Å². The largest absolute Gasteiger partial charge is 0.417 e. The van der Waals surface area contributed by atoms with Crippen LogP contribution in [0.5, 0.6) is 0 Å². The first-order chi connectivity index (χ1) is 18.3. The monoisotopic (exact) mass is 509 g/mol. The zero-order valence-electron chi connectivity index (χ0n) is 20.7. The van der Waals surface area contributed by atoms with E-state index in [0.29, 0.717) is 22.7 Å². The Kier molecular flexibility index (Phi) is 5.60. The first-order valence-electron chi connectivity index (χ1n) is 12.3. The van der Waals surface area contributed by atoms with Crippen LogP contribution in [0.25, 0.3) is 55.2 Å². The van der Waals surface area contributed by atoms with Gasteiger partial charge in [-0.3, -0.25) is 0 Å². The Hall–Kier alpha value is -4.38. The predicted molar refractivity (Wildman–Crippen MR) is 147 cm³/mol. The Morgan fingerprint density at radius 2 is 1.34 bits per heavy atom. The summed E-state index contributed by atoms with van der Waals surface area (Å²) in [5.74, 6) is -0.927. The third-order valence-corrected chi connectivity index (χ3v) is 7.24. The van der Waals surface area contributed by atoms with Gasteiger partial charge in [-0.1, -0.05) is 78.9 Å². The molecule has 5 heteroatoms. The van der Waals surface area contributed by atoms with Gasteiger partial charge in [0.1, 0.15) is 5.82 Å².